The molecule has 1 aliphatic rings. The van der Waals surface area contributed by atoms with Gasteiger partial charge in [0, 0.05) is 16.5 Å². The van der Waals surface area contributed by atoms with Gasteiger partial charge in [0.1, 0.15) is 5.71 Å². The van der Waals surface area contributed by atoms with Crippen LogP contribution in [-0.2, 0) is 10.0 Å². The standard InChI is InChI=1S/C33H26N2O3S/c1-20-10-12-25(13-11-20)39(37,38)35-34-32-28-16-14-26(23-8-4-6-21(2)18-23)30-27(24-9-5-7-22(3)19-24)15-17-29(31(28)30)33(32)36/h4-19,35H,1-3H3/b34-32+. The second kappa shape index (κ2) is 9.33. The molecule has 1 aliphatic carbocycles. The molecule has 1 N–H and O–H groups in total. The highest BCUT2D eigenvalue weighted by atomic mass is 32.2. The van der Waals surface area contributed by atoms with Crippen molar-refractivity contribution in [3.05, 3.63) is 125 Å². The molecule has 39 heavy (non-hydrogen) atoms. The van der Waals surface area contributed by atoms with Crippen molar-refractivity contribution in [1.82, 2.24) is 4.83 Å². The molecule has 0 aliphatic heterocycles. The Morgan fingerprint density at radius 1 is 0.590 bits per heavy atom. The summed E-state index contributed by atoms with van der Waals surface area (Å²) in [6.07, 6.45) is 0. The minimum absolute atomic E-state index is 0.0853. The highest BCUT2D eigenvalue weighted by molar-refractivity contribution is 7.89. The summed E-state index contributed by atoms with van der Waals surface area (Å²) in [7, 11) is -3.95. The van der Waals surface area contributed by atoms with Crippen LogP contribution in [0.4, 0.5) is 0 Å². The molecule has 0 radical (unpaired) electrons. The van der Waals surface area contributed by atoms with Crippen molar-refractivity contribution in [2.24, 2.45) is 5.10 Å². The number of carbonyl (C=O) groups is 1. The monoisotopic (exact) mass is 530 g/mol. The lowest BCUT2D eigenvalue weighted by atomic mass is 9.88. The third kappa shape index (κ3) is 4.33. The van der Waals surface area contributed by atoms with Crippen LogP contribution in [-0.4, -0.2) is 19.9 Å². The van der Waals surface area contributed by atoms with Gasteiger partial charge in [-0.15, -0.1) is 0 Å². The van der Waals surface area contributed by atoms with Crippen molar-refractivity contribution in [3.63, 3.8) is 0 Å². The van der Waals surface area contributed by atoms with Gasteiger partial charge in [0.25, 0.3) is 10.0 Å². The maximum Gasteiger partial charge on any atom is 0.276 e. The predicted molar refractivity (Wildman–Crippen MR) is 157 cm³/mol. The number of carbonyl (C=O) groups excluding carboxylic acids is 1. The van der Waals surface area contributed by atoms with E-state index in [1.165, 1.54) is 12.1 Å². The van der Waals surface area contributed by atoms with Gasteiger partial charge in [-0.05, 0) is 66.6 Å². The molecular weight excluding hydrogens is 504 g/mol. The second-order valence-electron chi connectivity index (χ2n) is 10.0. The van der Waals surface area contributed by atoms with Gasteiger partial charge in [-0.2, -0.15) is 18.4 Å². The van der Waals surface area contributed by atoms with Crippen molar-refractivity contribution < 1.29 is 13.2 Å². The summed E-state index contributed by atoms with van der Waals surface area (Å²) in [4.78, 5) is 16.0. The van der Waals surface area contributed by atoms with Gasteiger partial charge < -0.3 is 0 Å². The van der Waals surface area contributed by atoms with E-state index >= 15 is 0 Å². The molecule has 0 saturated carbocycles. The van der Waals surface area contributed by atoms with Crippen molar-refractivity contribution in [2.75, 3.05) is 0 Å². The van der Waals surface area contributed by atoms with E-state index in [4.69, 9.17) is 0 Å². The molecule has 0 unspecified atom stereocenters. The zero-order valence-corrected chi connectivity index (χ0v) is 22.6. The molecule has 192 valence electrons. The molecular formula is C33H26N2O3S. The number of nitrogens with one attached hydrogen (secondary N) is 1. The van der Waals surface area contributed by atoms with Crippen LogP contribution in [0.25, 0.3) is 33.0 Å². The van der Waals surface area contributed by atoms with E-state index in [0.717, 1.165) is 49.7 Å². The van der Waals surface area contributed by atoms with Gasteiger partial charge in [0.15, 0.2) is 0 Å². The third-order valence-electron chi connectivity index (χ3n) is 7.14. The van der Waals surface area contributed by atoms with Crippen LogP contribution in [0, 0.1) is 20.8 Å². The summed E-state index contributed by atoms with van der Waals surface area (Å²) in [6, 6.07) is 30.7. The van der Waals surface area contributed by atoms with Crippen LogP contribution < -0.4 is 4.83 Å². The topological polar surface area (TPSA) is 75.6 Å². The van der Waals surface area contributed by atoms with E-state index in [2.05, 4.69) is 60.2 Å². The Morgan fingerprint density at radius 2 is 1.10 bits per heavy atom. The number of aryl methyl sites for hydroxylation is 3. The molecule has 5 aromatic carbocycles. The van der Waals surface area contributed by atoms with E-state index in [-0.39, 0.29) is 16.4 Å². The van der Waals surface area contributed by atoms with Crippen molar-refractivity contribution in [2.45, 2.75) is 25.7 Å². The Kier molecular flexibility index (Phi) is 5.92. The zero-order chi connectivity index (χ0) is 27.3. The van der Waals surface area contributed by atoms with Crippen molar-refractivity contribution >= 4 is 32.3 Å². The quantitative estimate of drug-likeness (QED) is 0.249. The van der Waals surface area contributed by atoms with Crippen LogP contribution in [0.15, 0.2) is 107 Å². The lowest BCUT2D eigenvalue weighted by molar-refractivity contribution is 0.107. The molecule has 0 atom stereocenters. The smallest absolute Gasteiger partial charge is 0.276 e. The fourth-order valence-electron chi connectivity index (χ4n) is 5.23. The van der Waals surface area contributed by atoms with Gasteiger partial charge in [-0.1, -0.05) is 95.6 Å². The van der Waals surface area contributed by atoms with Gasteiger partial charge in [0.05, 0.1) is 4.90 Å². The lowest BCUT2D eigenvalue weighted by Gasteiger charge is -2.15. The van der Waals surface area contributed by atoms with Crippen LogP contribution in [0.5, 0.6) is 0 Å². The summed E-state index contributed by atoms with van der Waals surface area (Å²) in [5.41, 5.74) is 8.53. The number of hydrazone groups is 1. The Bertz CT molecular complexity index is 1890. The van der Waals surface area contributed by atoms with E-state index < -0.39 is 10.0 Å². The van der Waals surface area contributed by atoms with Gasteiger partial charge >= 0.3 is 0 Å². The minimum Gasteiger partial charge on any atom is -0.287 e. The Balaban J connectivity index is 1.57. The number of hydrogen-bond donors (Lipinski definition) is 1. The number of nitrogens with zero attached hydrogens (tertiary/aromatic N) is 1. The normalized spacial score (nSPS) is 13.8. The van der Waals surface area contributed by atoms with Crippen molar-refractivity contribution in [3.8, 4) is 22.3 Å². The van der Waals surface area contributed by atoms with Gasteiger partial charge in [-0.25, -0.2) is 0 Å². The van der Waals surface area contributed by atoms with Crippen LogP contribution in [0.2, 0.25) is 0 Å². The maximum atomic E-state index is 13.6. The number of rotatable bonds is 5. The van der Waals surface area contributed by atoms with Crippen LogP contribution >= 0.6 is 0 Å². The summed E-state index contributed by atoms with van der Waals surface area (Å²) in [5.74, 6) is -0.307. The third-order valence-corrected chi connectivity index (χ3v) is 8.37. The first kappa shape index (κ1) is 24.8. The molecule has 0 amide bonds. The highest BCUT2D eigenvalue weighted by Crippen LogP contribution is 2.43. The number of ketones is 1. The summed E-state index contributed by atoms with van der Waals surface area (Å²) in [5, 5.41) is 5.91. The number of Topliss-reactive ketones (excluding diaryl/α,β-unsaturated/α-hetero) is 1. The molecule has 5 aromatic rings. The highest BCUT2D eigenvalue weighted by Gasteiger charge is 2.32. The molecule has 6 heteroatoms. The summed E-state index contributed by atoms with van der Waals surface area (Å²) < 4.78 is 25.9. The summed E-state index contributed by atoms with van der Waals surface area (Å²) in [6.45, 7) is 5.99. The number of sulfonamides is 1. The van der Waals surface area contributed by atoms with Crippen LogP contribution in [0.3, 0.4) is 0 Å². The number of hydrogen-bond acceptors (Lipinski definition) is 4. The fraction of sp³-hybridized carbons (Fsp3) is 0.0909. The molecule has 0 heterocycles. The minimum atomic E-state index is -3.95. The predicted octanol–water partition coefficient (Wildman–Crippen LogP) is 6.98. The fourth-order valence-corrected chi connectivity index (χ4v) is 6.04. The second-order valence-corrected chi connectivity index (χ2v) is 11.7. The average Bonchev–Trinajstić information content (AvgIpc) is 3.20. The molecule has 0 bridgehead atoms. The van der Waals surface area contributed by atoms with E-state index in [1.54, 1.807) is 12.1 Å². The van der Waals surface area contributed by atoms with Gasteiger partial charge in [-0.3, -0.25) is 4.79 Å². The Labute approximate surface area is 227 Å². The molecule has 0 aromatic heterocycles. The molecule has 6 rings (SSSR count). The Hall–Kier alpha value is -4.55. The maximum absolute atomic E-state index is 13.6. The number of benzene rings is 5. The van der Waals surface area contributed by atoms with E-state index in [0.29, 0.717) is 11.1 Å². The first-order valence-corrected chi connectivity index (χ1v) is 14.2. The van der Waals surface area contributed by atoms with Gasteiger partial charge in [0.2, 0.25) is 5.78 Å². The molecule has 0 saturated heterocycles. The zero-order valence-electron chi connectivity index (χ0n) is 21.8. The molecule has 5 nitrogen and oxygen atoms in total. The molecule has 0 fully saturated rings. The first-order chi connectivity index (χ1) is 18.7. The van der Waals surface area contributed by atoms with E-state index in [1.807, 2.05) is 43.3 Å². The SMILES string of the molecule is Cc1ccc(S(=O)(=O)N/N=C2/C(=O)c3ccc(-c4cccc(C)c4)c4c(-c5cccc(C)c5)ccc2c34)cc1. The Morgan fingerprint density at radius 3 is 1.67 bits per heavy atom. The first-order valence-electron chi connectivity index (χ1n) is 12.7. The van der Waals surface area contributed by atoms with Crippen LogP contribution in [0.1, 0.15) is 32.6 Å². The van der Waals surface area contributed by atoms with Crippen molar-refractivity contribution in [1.29, 1.82) is 0 Å². The average molecular weight is 531 g/mol. The van der Waals surface area contributed by atoms with E-state index in [9.17, 15) is 13.2 Å². The largest absolute Gasteiger partial charge is 0.287 e. The summed E-state index contributed by atoms with van der Waals surface area (Å²) >= 11 is 0. The lowest BCUT2D eigenvalue weighted by Crippen LogP contribution is -2.22. The molecule has 0 spiro atoms.